The predicted molar refractivity (Wildman–Crippen MR) is 82.8 cm³/mol. The zero-order valence-corrected chi connectivity index (χ0v) is 13.5. The third-order valence-corrected chi connectivity index (χ3v) is 3.30. The maximum Gasteiger partial charge on any atom is 0.237 e. The average Bonchev–Trinajstić information content (AvgIpc) is 2.44. The quantitative estimate of drug-likeness (QED) is 0.854. The molecule has 112 valence electrons. The Morgan fingerprint density at radius 3 is 2.76 bits per heavy atom. The van der Waals surface area contributed by atoms with Crippen molar-refractivity contribution >= 4 is 15.9 Å². The SMILES string of the molecule is CC(C)CNCc1cnc(Oc2cc(F)ccc2Br)cn1. The van der Waals surface area contributed by atoms with Crippen molar-refractivity contribution in [1.82, 2.24) is 15.3 Å². The van der Waals surface area contributed by atoms with Crippen LogP contribution in [0.4, 0.5) is 4.39 Å². The highest BCUT2D eigenvalue weighted by Gasteiger charge is 2.06. The summed E-state index contributed by atoms with van der Waals surface area (Å²) in [4.78, 5) is 8.44. The number of rotatable bonds is 6. The minimum atomic E-state index is -0.365. The highest BCUT2D eigenvalue weighted by molar-refractivity contribution is 9.10. The molecule has 2 aromatic rings. The molecule has 1 N–H and O–H groups in total. The lowest BCUT2D eigenvalue weighted by Crippen LogP contribution is -2.19. The Kier molecular flexibility index (Phi) is 5.64. The van der Waals surface area contributed by atoms with Gasteiger partial charge in [0.2, 0.25) is 5.88 Å². The van der Waals surface area contributed by atoms with Crippen molar-refractivity contribution in [2.24, 2.45) is 5.92 Å². The van der Waals surface area contributed by atoms with E-state index in [1.807, 2.05) is 0 Å². The fraction of sp³-hybridized carbons (Fsp3) is 0.333. The third kappa shape index (κ3) is 5.06. The molecular formula is C15H17BrFN3O. The molecule has 0 atom stereocenters. The van der Waals surface area contributed by atoms with Crippen molar-refractivity contribution < 1.29 is 9.13 Å². The van der Waals surface area contributed by atoms with Gasteiger partial charge in [-0.15, -0.1) is 0 Å². The van der Waals surface area contributed by atoms with E-state index >= 15 is 0 Å². The number of nitrogens with one attached hydrogen (secondary N) is 1. The first-order valence-electron chi connectivity index (χ1n) is 6.69. The monoisotopic (exact) mass is 353 g/mol. The van der Waals surface area contributed by atoms with E-state index in [0.717, 1.165) is 12.2 Å². The molecule has 0 bridgehead atoms. The van der Waals surface area contributed by atoms with Crippen LogP contribution in [0.3, 0.4) is 0 Å². The normalized spacial score (nSPS) is 10.9. The Hall–Kier alpha value is -1.53. The first-order valence-corrected chi connectivity index (χ1v) is 7.48. The molecule has 0 aliphatic carbocycles. The van der Waals surface area contributed by atoms with Crippen LogP contribution >= 0.6 is 15.9 Å². The van der Waals surface area contributed by atoms with Gasteiger partial charge in [-0.25, -0.2) is 9.37 Å². The summed E-state index contributed by atoms with van der Waals surface area (Å²) < 4.78 is 19.3. The third-order valence-electron chi connectivity index (χ3n) is 2.65. The first-order chi connectivity index (χ1) is 10.0. The predicted octanol–water partition coefficient (Wildman–Crippen LogP) is 3.92. The van der Waals surface area contributed by atoms with Gasteiger partial charge in [0.05, 0.1) is 22.6 Å². The summed E-state index contributed by atoms with van der Waals surface area (Å²) in [6.07, 6.45) is 3.18. The second-order valence-electron chi connectivity index (χ2n) is 5.05. The Bertz CT molecular complexity index is 590. The standard InChI is InChI=1S/C15H17BrFN3O/c1-10(2)6-18-7-12-8-20-15(9-19-12)21-14-5-11(17)3-4-13(14)16/h3-5,8-10,18H,6-7H2,1-2H3. The van der Waals surface area contributed by atoms with Crippen LogP contribution in [0, 0.1) is 11.7 Å². The summed E-state index contributed by atoms with van der Waals surface area (Å²) in [5.74, 6) is 0.922. The van der Waals surface area contributed by atoms with Crippen molar-refractivity contribution in [3.63, 3.8) is 0 Å². The molecule has 0 radical (unpaired) electrons. The number of benzene rings is 1. The topological polar surface area (TPSA) is 47.0 Å². The fourth-order valence-electron chi connectivity index (χ4n) is 1.64. The van der Waals surface area contributed by atoms with Gasteiger partial charge in [0.15, 0.2) is 0 Å². The van der Waals surface area contributed by atoms with Crippen LogP contribution in [0.25, 0.3) is 0 Å². The van der Waals surface area contributed by atoms with E-state index in [9.17, 15) is 4.39 Å². The Labute approximate surface area is 131 Å². The molecule has 0 fully saturated rings. The molecular weight excluding hydrogens is 337 g/mol. The Morgan fingerprint density at radius 1 is 1.29 bits per heavy atom. The van der Waals surface area contributed by atoms with Gasteiger partial charge >= 0.3 is 0 Å². The molecule has 1 heterocycles. The lowest BCUT2D eigenvalue weighted by atomic mass is 10.2. The largest absolute Gasteiger partial charge is 0.436 e. The molecule has 1 aromatic heterocycles. The minimum Gasteiger partial charge on any atom is -0.436 e. The van der Waals surface area contributed by atoms with E-state index in [1.54, 1.807) is 12.3 Å². The molecule has 0 spiro atoms. The van der Waals surface area contributed by atoms with Gasteiger partial charge in [0.1, 0.15) is 11.6 Å². The maximum absolute atomic E-state index is 13.2. The van der Waals surface area contributed by atoms with Crippen LogP contribution in [-0.4, -0.2) is 16.5 Å². The van der Waals surface area contributed by atoms with E-state index < -0.39 is 0 Å². The zero-order chi connectivity index (χ0) is 15.2. The van der Waals surface area contributed by atoms with Crippen molar-refractivity contribution in [2.75, 3.05) is 6.54 Å². The van der Waals surface area contributed by atoms with Gasteiger partial charge in [-0.2, -0.15) is 0 Å². The van der Waals surface area contributed by atoms with Crippen LogP contribution in [0.1, 0.15) is 19.5 Å². The maximum atomic E-state index is 13.2. The average molecular weight is 354 g/mol. The highest BCUT2D eigenvalue weighted by atomic mass is 79.9. The van der Waals surface area contributed by atoms with Crippen molar-refractivity contribution in [1.29, 1.82) is 0 Å². The summed E-state index contributed by atoms with van der Waals surface area (Å²) in [6.45, 7) is 5.88. The van der Waals surface area contributed by atoms with Gasteiger partial charge in [0.25, 0.3) is 0 Å². The Balaban J connectivity index is 1.97. The molecule has 0 aliphatic heterocycles. The van der Waals surface area contributed by atoms with Crippen LogP contribution in [0.2, 0.25) is 0 Å². The molecule has 0 saturated heterocycles. The fourth-order valence-corrected chi connectivity index (χ4v) is 1.97. The first kappa shape index (κ1) is 15.9. The summed E-state index contributed by atoms with van der Waals surface area (Å²) >= 11 is 3.30. The lowest BCUT2D eigenvalue weighted by molar-refractivity contribution is 0.451. The number of hydrogen-bond donors (Lipinski definition) is 1. The number of halogens is 2. The Morgan fingerprint density at radius 2 is 2.10 bits per heavy atom. The van der Waals surface area contributed by atoms with Crippen LogP contribution in [0.15, 0.2) is 35.1 Å². The van der Waals surface area contributed by atoms with E-state index in [-0.39, 0.29) is 5.82 Å². The molecule has 21 heavy (non-hydrogen) atoms. The number of ether oxygens (including phenoxy) is 1. The van der Waals surface area contributed by atoms with Gasteiger partial charge in [-0.05, 0) is 40.5 Å². The van der Waals surface area contributed by atoms with Crippen LogP contribution in [-0.2, 0) is 6.54 Å². The summed E-state index contributed by atoms with van der Waals surface area (Å²) in [7, 11) is 0. The van der Waals surface area contributed by atoms with Crippen molar-refractivity contribution in [2.45, 2.75) is 20.4 Å². The van der Waals surface area contributed by atoms with E-state index in [1.165, 1.54) is 18.3 Å². The summed E-state index contributed by atoms with van der Waals surface area (Å²) in [5.41, 5.74) is 0.835. The number of hydrogen-bond acceptors (Lipinski definition) is 4. The van der Waals surface area contributed by atoms with Gasteiger partial charge in [-0.1, -0.05) is 13.8 Å². The zero-order valence-electron chi connectivity index (χ0n) is 11.9. The van der Waals surface area contributed by atoms with Crippen LogP contribution in [0.5, 0.6) is 11.6 Å². The van der Waals surface area contributed by atoms with Gasteiger partial charge in [-0.3, -0.25) is 4.98 Å². The van der Waals surface area contributed by atoms with Crippen molar-refractivity contribution in [3.05, 3.63) is 46.6 Å². The summed E-state index contributed by atoms with van der Waals surface area (Å²) in [5, 5.41) is 3.29. The van der Waals surface area contributed by atoms with Crippen LogP contribution < -0.4 is 10.1 Å². The van der Waals surface area contributed by atoms with Gasteiger partial charge in [0, 0.05) is 12.6 Å². The molecule has 2 rings (SSSR count). The second kappa shape index (κ2) is 7.47. The van der Waals surface area contributed by atoms with Crippen molar-refractivity contribution in [3.8, 4) is 11.6 Å². The highest BCUT2D eigenvalue weighted by Crippen LogP contribution is 2.29. The van der Waals surface area contributed by atoms with E-state index in [4.69, 9.17) is 4.74 Å². The second-order valence-corrected chi connectivity index (χ2v) is 5.90. The van der Waals surface area contributed by atoms with E-state index in [2.05, 4.69) is 45.1 Å². The minimum absolute atomic E-state index is 0.328. The molecule has 0 aliphatic rings. The molecule has 0 saturated carbocycles. The summed E-state index contributed by atoms with van der Waals surface area (Å²) in [6, 6.07) is 4.23. The molecule has 0 unspecified atom stereocenters. The lowest BCUT2D eigenvalue weighted by Gasteiger charge is -2.08. The molecule has 1 aromatic carbocycles. The smallest absolute Gasteiger partial charge is 0.237 e. The number of aromatic nitrogens is 2. The molecule has 0 amide bonds. The number of nitrogens with zero attached hydrogens (tertiary/aromatic N) is 2. The molecule has 6 heteroatoms. The molecule has 4 nitrogen and oxygen atoms in total. The van der Waals surface area contributed by atoms with Gasteiger partial charge < -0.3 is 10.1 Å². The van der Waals surface area contributed by atoms with E-state index in [0.29, 0.717) is 28.6 Å².